The van der Waals surface area contributed by atoms with Crippen molar-refractivity contribution in [1.82, 2.24) is 9.80 Å². The van der Waals surface area contributed by atoms with Crippen LogP contribution >= 0.6 is 11.6 Å². The zero-order chi connectivity index (χ0) is 18.1. The summed E-state index contributed by atoms with van der Waals surface area (Å²) in [6.45, 7) is 2.68. The lowest BCUT2D eigenvalue weighted by molar-refractivity contribution is -0.140. The molecule has 26 heavy (non-hydrogen) atoms. The Balaban J connectivity index is 1.38. The Bertz CT molecular complexity index is 747. The normalized spacial score (nSPS) is 20.4. The molecule has 0 aromatic heterocycles. The summed E-state index contributed by atoms with van der Waals surface area (Å²) in [7, 11) is 0. The molecular formula is C20H23ClN2O3. The second kappa shape index (κ2) is 7.31. The van der Waals surface area contributed by atoms with Gasteiger partial charge in [-0.1, -0.05) is 24.4 Å². The van der Waals surface area contributed by atoms with E-state index in [1.807, 2.05) is 28.0 Å². The van der Waals surface area contributed by atoms with Crippen LogP contribution in [0.5, 0.6) is 5.75 Å². The highest BCUT2D eigenvalue weighted by Gasteiger charge is 2.31. The standard InChI is InChI=1S/C20H23ClN2O3/c21-17-5-6-18-15(12-17)11-16(13-26-18)20(25)23-9-7-22(8-10-23)19(24)14-3-1-2-4-14/h5-6,11-12,14H,1-4,7-10,13H2. The third-order valence-corrected chi connectivity index (χ3v) is 5.78. The van der Waals surface area contributed by atoms with Gasteiger partial charge >= 0.3 is 0 Å². The Hall–Kier alpha value is -2.01. The number of fused-ring (bicyclic) bond motifs is 1. The summed E-state index contributed by atoms with van der Waals surface area (Å²) in [5.41, 5.74) is 1.47. The van der Waals surface area contributed by atoms with Crippen molar-refractivity contribution in [2.45, 2.75) is 25.7 Å². The Labute approximate surface area is 158 Å². The van der Waals surface area contributed by atoms with Crippen molar-refractivity contribution >= 4 is 29.5 Å². The molecule has 0 atom stereocenters. The number of carbonyl (C=O) groups excluding carboxylic acids is 2. The van der Waals surface area contributed by atoms with Gasteiger partial charge in [-0.3, -0.25) is 9.59 Å². The van der Waals surface area contributed by atoms with Gasteiger partial charge in [0.2, 0.25) is 5.91 Å². The van der Waals surface area contributed by atoms with Crippen LogP contribution < -0.4 is 4.74 Å². The largest absolute Gasteiger partial charge is 0.488 e. The van der Waals surface area contributed by atoms with E-state index < -0.39 is 0 Å². The second-order valence-electron chi connectivity index (χ2n) is 7.24. The average molecular weight is 375 g/mol. The SMILES string of the molecule is O=C(C1=Cc2cc(Cl)ccc2OC1)N1CCN(C(=O)C2CCCC2)CC1. The molecule has 0 unspecified atom stereocenters. The molecule has 138 valence electrons. The van der Waals surface area contributed by atoms with Gasteiger partial charge in [0.15, 0.2) is 0 Å². The Morgan fingerprint density at radius 1 is 1.04 bits per heavy atom. The van der Waals surface area contributed by atoms with Crippen molar-refractivity contribution < 1.29 is 14.3 Å². The van der Waals surface area contributed by atoms with Gasteiger partial charge < -0.3 is 14.5 Å². The maximum Gasteiger partial charge on any atom is 0.253 e. The van der Waals surface area contributed by atoms with Gasteiger partial charge in [0.1, 0.15) is 12.4 Å². The highest BCUT2D eigenvalue weighted by Crippen LogP contribution is 2.30. The molecule has 1 aliphatic carbocycles. The zero-order valence-electron chi connectivity index (χ0n) is 14.7. The smallest absolute Gasteiger partial charge is 0.253 e. The van der Waals surface area contributed by atoms with E-state index in [1.54, 1.807) is 6.07 Å². The van der Waals surface area contributed by atoms with Crippen LogP contribution in [-0.2, 0) is 9.59 Å². The van der Waals surface area contributed by atoms with Crippen LogP contribution in [0.4, 0.5) is 0 Å². The number of piperazine rings is 1. The van der Waals surface area contributed by atoms with Crippen LogP contribution in [-0.4, -0.2) is 54.4 Å². The van der Waals surface area contributed by atoms with Crippen LogP contribution in [0.25, 0.3) is 6.08 Å². The van der Waals surface area contributed by atoms with E-state index in [4.69, 9.17) is 16.3 Å². The second-order valence-corrected chi connectivity index (χ2v) is 7.68. The lowest BCUT2D eigenvalue weighted by atomic mass is 10.0. The van der Waals surface area contributed by atoms with E-state index in [-0.39, 0.29) is 24.3 Å². The van der Waals surface area contributed by atoms with Crippen LogP contribution in [0.1, 0.15) is 31.2 Å². The fraction of sp³-hybridized carbons (Fsp3) is 0.500. The Morgan fingerprint density at radius 2 is 1.73 bits per heavy atom. The first-order valence-corrected chi connectivity index (χ1v) is 9.70. The fourth-order valence-corrected chi connectivity index (χ4v) is 4.22. The minimum absolute atomic E-state index is 0.0106. The third kappa shape index (κ3) is 3.45. The number of nitrogens with zero attached hydrogens (tertiary/aromatic N) is 2. The summed E-state index contributed by atoms with van der Waals surface area (Å²) < 4.78 is 5.69. The molecule has 1 saturated carbocycles. The third-order valence-electron chi connectivity index (χ3n) is 5.54. The first-order chi connectivity index (χ1) is 12.6. The van der Waals surface area contributed by atoms with Gasteiger partial charge in [0, 0.05) is 42.7 Å². The average Bonchev–Trinajstić information content (AvgIpc) is 3.21. The Kier molecular flexibility index (Phi) is 4.90. The van der Waals surface area contributed by atoms with Gasteiger partial charge in [-0.25, -0.2) is 0 Å². The van der Waals surface area contributed by atoms with Crippen LogP contribution in [0.15, 0.2) is 23.8 Å². The summed E-state index contributed by atoms with van der Waals surface area (Å²) in [6.07, 6.45) is 6.22. The van der Waals surface area contributed by atoms with Gasteiger partial charge in [-0.05, 0) is 37.1 Å². The minimum atomic E-state index is -0.0106. The molecule has 4 rings (SSSR count). The topological polar surface area (TPSA) is 49.9 Å². The number of hydrogen-bond acceptors (Lipinski definition) is 3. The molecule has 1 aromatic rings. The number of carbonyl (C=O) groups is 2. The number of hydrogen-bond donors (Lipinski definition) is 0. The van der Waals surface area contributed by atoms with Crippen LogP contribution in [0.3, 0.4) is 0 Å². The predicted octanol–water partition coefficient (Wildman–Crippen LogP) is 2.98. The highest BCUT2D eigenvalue weighted by atomic mass is 35.5. The molecule has 0 spiro atoms. The van der Waals surface area contributed by atoms with E-state index in [0.29, 0.717) is 36.8 Å². The van der Waals surface area contributed by atoms with Crippen LogP contribution in [0.2, 0.25) is 5.02 Å². The summed E-state index contributed by atoms with van der Waals surface area (Å²) in [5, 5.41) is 0.622. The monoisotopic (exact) mass is 374 g/mol. The maximum atomic E-state index is 12.8. The molecule has 2 heterocycles. The van der Waals surface area contributed by atoms with Crippen molar-refractivity contribution in [1.29, 1.82) is 0 Å². The lowest BCUT2D eigenvalue weighted by Crippen LogP contribution is -2.52. The van der Waals surface area contributed by atoms with Crippen molar-refractivity contribution in [3.63, 3.8) is 0 Å². The molecule has 0 N–H and O–H groups in total. The number of benzene rings is 1. The summed E-state index contributed by atoms with van der Waals surface area (Å²) in [6, 6.07) is 5.41. The summed E-state index contributed by atoms with van der Waals surface area (Å²) in [4.78, 5) is 29.1. The van der Waals surface area contributed by atoms with E-state index >= 15 is 0 Å². The molecule has 5 nitrogen and oxygen atoms in total. The molecule has 1 saturated heterocycles. The lowest BCUT2D eigenvalue weighted by Gasteiger charge is -2.36. The van der Waals surface area contributed by atoms with Crippen molar-refractivity contribution in [2.75, 3.05) is 32.8 Å². The van der Waals surface area contributed by atoms with Crippen molar-refractivity contribution in [2.24, 2.45) is 5.92 Å². The van der Waals surface area contributed by atoms with Gasteiger partial charge in [-0.2, -0.15) is 0 Å². The molecule has 1 aromatic carbocycles. The molecule has 0 bridgehead atoms. The molecule has 2 amide bonds. The quantitative estimate of drug-likeness (QED) is 0.799. The zero-order valence-corrected chi connectivity index (χ0v) is 15.5. The van der Waals surface area contributed by atoms with Crippen molar-refractivity contribution in [3.8, 4) is 5.75 Å². The van der Waals surface area contributed by atoms with E-state index in [1.165, 1.54) is 0 Å². The molecule has 0 radical (unpaired) electrons. The fourth-order valence-electron chi connectivity index (χ4n) is 4.04. The molecule has 2 aliphatic heterocycles. The number of rotatable bonds is 2. The van der Waals surface area contributed by atoms with Crippen molar-refractivity contribution in [3.05, 3.63) is 34.4 Å². The van der Waals surface area contributed by atoms with Gasteiger partial charge in [-0.15, -0.1) is 0 Å². The Morgan fingerprint density at radius 3 is 2.46 bits per heavy atom. The first kappa shape index (κ1) is 17.4. The highest BCUT2D eigenvalue weighted by molar-refractivity contribution is 6.30. The summed E-state index contributed by atoms with van der Waals surface area (Å²) in [5.74, 6) is 1.22. The first-order valence-electron chi connectivity index (χ1n) is 9.33. The molecule has 6 heteroatoms. The predicted molar refractivity (Wildman–Crippen MR) is 100 cm³/mol. The minimum Gasteiger partial charge on any atom is -0.488 e. The molecule has 3 aliphatic rings. The summed E-state index contributed by atoms with van der Waals surface area (Å²) >= 11 is 6.03. The number of ether oxygens (including phenoxy) is 1. The maximum absolute atomic E-state index is 12.8. The number of halogens is 1. The van der Waals surface area contributed by atoms with Gasteiger partial charge in [0.25, 0.3) is 5.91 Å². The van der Waals surface area contributed by atoms with E-state index in [2.05, 4.69) is 0 Å². The molecule has 2 fully saturated rings. The van der Waals surface area contributed by atoms with Crippen LogP contribution in [0, 0.1) is 5.92 Å². The van der Waals surface area contributed by atoms with E-state index in [9.17, 15) is 9.59 Å². The number of amides is 2. The van der Waals surface area contributed by atoms with Gasteiger partial charge in [0.05, 0.1) is 5.57 Å². The molecular weight excluding hydrogens is 352 g/mol. The van der Waals surface area contributed by atoms with E-state index in [0.717, 1.165) is 37.0 Å².